The molecule has 0 amide bonds. The molecule has 0 radical (unpaired) electrons. The van der Waals surface area contributed by atoms with E-state index in [1.54, 1.807) is 50.3 Å². The number of fused-ring (bicyclic) bond motifs is 1. The lowest BCUT2D eigenvalue weighted by atomic mass is 9.78. The van der Waals surface area contributed by atoms with E-state index in [1.165, 1.54) is 12.1 Å². The van der Waals surface area contributed by atoms with Crippen LogP contribution in [0.2, 0.25) is 0 Å². The topological polar surface area (TPSA) is 69.4 Å². The summed E-state index contributed by atoms with van der Waals surface area (Å²) in [4.78, 5) is 0.295. The molecule has 1 atom stereocenters. The Balaban J connectivity index is 1.37. The molecule has 206 valence electrons. The van der Waals surface area contributed by atoms with E-state index in [0.717, 1.165) is 33.3 Å². The van der Waals surface area contributed by atoms with Crippen LogP contribution >= 0.6 is 0 Å². The Kier molecular flexibility index (Phi) is 6.82. The van der Waals surface area contributed by atoms with E-state index < -0.39 is 15.4 Å². The second kappa shape index (κ2) is 10.3. The van der Waals surface area contributed by atoms with Gasteiger partial charge in [-0.1, -0.05) is 30.3 Å². The number of aryl methyl sites for hydroxylation is 2. The van der Waals surface area contributed by atoms with Crippen LogP contribution in [0.1, 0.15) is 23.1 Å². The van der Waals surface area contributed by atoms with Crippen molar-refractivity contribution in [2.75, 3.05) is 19.7 Å². The van der Waals surface area contributed by atoms with Gasteiger partial charge in [-0.3, -0.25) is 0 Å². The molecular weight excluding hydrogens is 527 g/mol. The highest BCUT2D eigenvalue weighted by Gasteiger charge is 2.45. The molecule has 9 heteroatoms. The molecule has 0 spiro atoms. The summed E-state index contributed by atoms with van der Waals surface area (Å²) >= 11 is 0. The van der Waals surface area contributed by atoms with E-state index in [0.29, 0.717) is 37.6 Å². The maximum atomic E-state index is 13.6. The van der Waals surface area contributed by atoms with Gasteiger partial charge in [-0.05, 0) is 72.5 Å². The SMILES string of the molecule is Cc1cc2c(cnn2-c2ccc(F)cc2)cc1C1(COCc2ccccc2)CCN(S(=O)(=O)c2ccn(C)c2)C1. The summed E-state index contributed by atoms with van der Waals surface area (Å²) in [6.07, 6.45) is 5.82. The number of sulfonamides is 1. The maximum Gasteiger partial charge on any atom is 0.244 e. The highest BCUT2D eigenvalue weighted by molar-refractivity contribution is 7.89. The van der Waals surface area contributed by atoms with Crippen LogP contribution in [0.15, 0.2) is 96.3 Å². The number of benzene rings is 3. The van der Waals surface area contributed by atoms with Crippen LogP contribution in [0.4, 0.5) is 4.39 Å². The average molecular weight is 559 g/mol. The fraction of sp³-hybridized carbons (Fsp3) is 0.258. The van der Waals surface area contributed by atoms with Crippen molar-refractivity contribution in [3.63, 3.8) is 0 Å². The number of hydrogen-bond acceptors (Lipinski definition) is 4. The van der Waals surface area contributed by atoms with Crippen molar-refractivity contribution in [2.45, 2.75) is 30.3 Å². The lowest BCUT2D eigenvalue weighted by Crippen LogP contribution is -2.38. The second-order valence-corrected chi connectivity index (χ2v) is 12.6. The molecule has 1 aliphatic rings. The van der Waals surface area contributed by atoms with Gasteiger partial charge >= 0.3 is 0 Å². The fourth-order valence-corrected chi connectivity index (χ4v) is 7.29. The second-order valence-electron chi connectivity index (χ2n) is 10.6. The maximum absolute atomic E-state index is 13.6. The summed E-state index contributed by atoms with van der Waals surface area (Å²) in [5.74, 6) is -0.299. The molecule has 1 aliphatic heterocycles. The molecule has 0 saturated carbocycles. The Morgan fingerprint density at radius 2 is 1.82 bits per heavy atom. The molecule has 0 N–H and O–H groups in total. The summed E-state index contributed by atoms with van der Waals surface area (Å²) in [5.41, 5.74) is 4.28. The van der Waals surface area contributed by atoms with Crippen LogP contribution in [0.3, 0.4) is 0 Å². The molecule has 0 bridgehead atoms. The van der Waals surface area contributed by atoms with Crippen LogP contribution < -0.4 is 0 Å². The van der Waals surface area contributed by atoms with Crippen LogP contribution in [-0.4, -0.2) is 46.8 Å². The average Bonchev–Trinajstić information content (AvgIpc) is 3.69. The van der Waals surface area contributed by atoms with Gasteiger partial charge in [0.05, 0.1) is 35.5 Å². The lowest BCUT2D eigenvalue weighted by Gasteiger charge is -2.31. The third kappa shape index (κ3) is 4.85. The monoisotopic (exact) mass is 558 g/mol. The minimum atomic E-state index is -3.66. The van der Waals surface area contributed by atoms with Gasteiger partial charge in [0.15, 0.2) is 0 Å². The molecule has 3 heterocycles. The van der Waals surface area contributed by atoms with Gasteiger partial charge in [0.1, 0.15) is 5.82 Å². The van der Waals surface area contributed by atoms with Gasteiger partial charge in [-0.15, -0.1) is 0 Å². The molecule has 5 aromatic rings. The summed E-state index contributed by atoms with van der Waals surface area (Å²) in [6, 6.07) is 22.1. The Hall–Kier alpha value is -3.79. The van der Waals surface area contributed by atoms with Gasteiger partial charge in [-0.2, -0.15) is 9.40 Å². The van der Waals surface area contributed by atoms with Crippen molar-refractivity contribution in [1.29, 1.82) is 0 Å². The first kappa shape index (κ1) is 26.4. The largest absolute Gasteiger partial charge is 0.376 e. The predicted octanol–water partition coefficient (Wildman–Crippen LogP) is 5.36. The number of aromatic nitrogens is 3. The highest BCUT2D eigenvalue weighted by atomic mass is 32.2. The van der Waals surface area contributed by atoms with Crippen molar-refractivity contribution >= 4 is 20.9 Å². The standard InChI is InChI=1S/C31H31FN4O3S/c1-23-16-30-25(18-33-36(30)27-10-8-26(32)9-11-27)17-29(23)31(22-39-20-24-6-4-3-5-7-24)13-15-35(21-31)40(37,38)28-12-14-34(2)19-28/h3-12,14,16-19H,13,15,20-22H2,1-2H3. The number of hydrogen-bond donors (Lipinski definition) is 0. The summed E-state index contributed by atoms with van der Waals surface area (Å²) < 4.78 is 52.1. The van der Waals surface area contributed by atoms with Crippen molar-refractivity contribution in [2.24, 2.45) is 7.05 Å². The van der Waals surface area contributed by atoms with Gasteiger partial charge in [0, 0.05) is 43.3 Å². The van der Waals surface area contributed by atoms with Crippen LogP contribution in [0.5, 0.6) is 0 Å². The normalized spacial score (nSPS) is 18.1. The quantitative estimate of drug-likeness (QED) is 0.257. The molecular formula is C31H31FN4O3S. The van der Waals surface area contributed by atoms with E-state index in [9.17, 15) is 12.8 Å². The van der Waals surface area contributed by atoms with E-state index in [1.807, 2.05) is 44.3 Å². The van der Waals surface area contributed by atoms with Gasteiger partial charge in [0.2, 0.25) is 10.0 Å². The summed E-state index contributed by atoms with van der Waals surface area (Å²) in [6.45, 7) is 3.58. The van der Waals surface area contributed by atoms with Gasteiger partial charge < -0.3 is 9.30 Å². The Morgan fingerprint density at radius 3 is 2.55 bits per heavy atom. The van der Waals surface area contributed by atoms with Crippen molar-refractivity contribution < 1.29 is 17.5 Å². The first-order chi connectivity index (χ1) is 19.2. The van der Waals surface area contributed by atoms with Crippen molar-refractivity contribution in [1.82, 2.24) is 18.7 Å². The van der Waals surface area contributed by atoms with Crippen LogP contribution in [0, 0.1) is 12.7 Å². The summed E-state index contributed by atoms with van der Waals surface area (Å²) in [7, 11) is -1.84. The Morgan fingerprint density at radius 1 is 1.05 bits per heavy atom. The first-order valence-electron chi connectivity index (χ1n) is 13.2. The lowest BCUT2D eigenvalue weighted by molar-refractivity contribution is 0.0746. The zero-order chi connectivity index (χ0) is 27.9. The minimum absolute atomic E-state index is 0.295. The van der Waals surface area contributed by atoms with E-state index in [-0.39, 0.29) is 5.82 Å². The Labute approximate surface area is 233 Å². The molecule has 7 nitrogen and oxygen atoms in total. The zero-order valence-corrected chi connectivity index (χ0v) is 23.3. The fourth-order valence-electron chi connectivity index (χ4n) is 5.71. The molecule has 2 aromatic heterocycles. The molecule has 1 fully saturated rings. The first-order valence-corrected chi connectivity index (χ1v) is 14.7. The van der Waals surface area contributed by atoms with E-state index >= 15 is 0 Å². The van der Waals surface area contributed by atoms with Gasteiger partial charge in [0.25, 0.3) is 0 Å². The molecule has 1 unspecified atom stereocenters. The predicted molar refractivity (Wildman–Crippen MR) is 152 cm³/mol. The third-order valence-electron chi connectivity index (χ3n) is 7.81. The summed E-state index contributed by atoms with van der Waals surface area (Å²) in [5, 5.41) is 5.51. The van der Waals surface area contributed by atoms with E-state index in [4.69, 9.17) is 4.74 Å². The highest BCUT2D eigenvalue weighted by Crippen LogP contribution is 2.41. The number of halogens is 1. The Bertz CT molecular complexity index is 1760. The molecule has 1 saturated heterocycles. The molecule has 3 aromatic carbocycles. The molecule has 6 rings (SSSR count). The molecule has 0 aliphatic carbocycles. The number of ether oxygens (including phenoxy) is 1. The van der Waals surface area contributed by atoms with Crippen molar-refractivity contribution in [3.05, 3.63) is 114 Å². The minimum Gasteiger partial charge on any atom is -0.376 e. The smallest absolute Gasteiger partial charge is 0.244 e. The third-order valence-corrected chi connectivity index (χ3v) is 9.64. The van der Waals surface area contributed by atoms with Gasteiger partial charge in [-0.25, -0.2) is 17.5 Å². The molecule has 40 heavy (non-hydrogen) atoms. The number of rotatable bonds is 8. The zero-order valence-electron chi connectivity index (χ0n) is 22.5. The van der Waals surface area contributed by atoms with Crippen LogP contribution in [0.25, 0.3) is 16.6 Å². The number of nitrogens with zero attached hydrogens (tertiary/aromatic N) is 4. The van der Waals surface area contributed by atoms with Crippen LogP contribution in [-0.2, 0) is 33.8 Å². The van der Waals surface area contributed by atoms with Crippen molar-refractivity contribution in [3.8, 4) is 5.69 Å². The van der Waals surface area contributed by atoms with E-state index in [2.05, 4.69) is 17.2 Å².